The Kier molecular flexibility index (Phi) is 5.21. The summed E-state index contributed by atoms with van der Waals surface area (Å²) >= 11 is 0. The Morgan fingerprint density at radius 1 is 1.13 bits per heavy atom. The molecule has 2 aromatic carbocycles. The summed E-state index contributed by atoms with van der Waals surface area (Å²) in [6.45, 7) is 0.0551. The second-order valence-corrected chi connectivity index (χ2v) is 7.15. The minimum atomic E-state index is -1.04. The van der Waals surface area contributed by atoms with Crippen molar-refractivity contribution in [1.82, 2.24) is 15.6 Å². The molecule has 2 atom stereocenters. The van der Waals surface area contributed by atoms with Gasteiger partial charge in [0.15, 0.2) is 0 Å². The largest absolute Gasteiger partial charge is 0.389 e. The highest BCUT2D eigenvalue weighted by Gasteiger charge is 2.34. The van der Waals surface area contributed by atoms with E-state index in [1.807, 2.05) is 0 Å². The van der Waals surface area contributed by atoms with E-state index in [-0.39, 0.29) is 30.3 Å². The van der Waals surface area contributed by atoms with E-state index in [0.29, 0.717) is 16.8 Å². The van der Waals surface area contributed by atoms with Crippen LogP contribution in [0.25, 0.3) is 22.2 Å². The Morgan fingerprint density at radius 3 is 2.53 bits per heavy atom. The van der Waals surface area contributed by atoms with Crippen molar-refractivity contribution in [2.45, 2.75) is 25.0 Å². The molecule has 2 heterocycles. The van der Waals surface area contributed by atoms with Crippen LogP contribution >= 0.6 is 0 Å². The third-order valence-corrected chi connectivity index (χ3v) is 5.14. The van der Waals surface area contributed by atoms with Gasteiger partial charge in [-0.05, 0) is 47.9 Å². The molecule has 4 N–H and O–H groups in total. The zero-order chi connectivity index (χ0) is 21.4. The van der Waals surface area contributed by atoms with Crippen molar-refractivity contribution in [1.29, 1.82) is 0 Å². The zero-order valence-electron chi connectivity index (χ0n) is 15.6. The van der Waals surface area contributed by atoms with Crippen LogP contribution in [0.2, 0.25) is 0 Å². The van der Waals surface area contributed by atoms with Crippen LogP contribution < -0.4 is 10.6 Å². The number of fused-ring (bicyclic) bond motifs is 1. The standard InChI is InChI=1S/C21H18F3N3O3/c22-11-3-1-10(2-4-11)18-13(14-7-12(23)8-15(24)19(14)27-18)5-6-17(29)26-20-16(28)9-25-21(20)30/h1-4,7-8,16,20,27-28H,5-6,9H2,(H,25,30)(H,26,29)/t16-,20-/m0/s1. The van der Waals surface area contributed by atoms with Crippen LogP contribution in [0, 0.1) is 17.5 Å². The molecule has 0 unspecified atom stereocenters. The summed E-state index contributed by atoms with van der Waals surface area (Å²) in [5, 5.41) is 15.0. The molecule has 0 radical (unpaired) electrons. The topological polar surface area (TPSA) is 94.2 Å². The van der Waals surface area contributed by atoms with Gasteiger partial charge in [0, 0.05) is 30.1 Å². The SMILES string of the molecule is O=C(CCc1c(-c2ccc(F)cc2)[nH]c2c(F)cc(F)cc12)N[C@@H]1C(=O)NC[C@@H]1O. The van der Waals surface area contributed by atoms with Gasteiger partial charge in [-0.2, -0.15) is 0 Å². The lowest BCUT2D eigenvalue weighted by molar-refractivity contribution is -0.128. The van der Waals surface area contributed by atoms with Gasteiger partial charge in [0.2, 0.25) is 11.8 Å². The lowest BCUT2D eigenvalue weighted by Gasteiger charge is -2.13. The van der Waals surface area contributed by atoms with Crippen LogP contribution in [-0.4, -0.2) is 40.6 Å². The van der Waals surface area contributed by atoms with Gasteiger partial charge in [0.05, 0.1) is 5.52 Å². The second kappa shape index (κ2) is 7.83. The molecule has 2 amide bonds. The third kappa shape index (κ3) is 3.76. The molecule has 1 aliphatic rings. The van der Waals surface area contributed by atoms with Crippen LogP contribution in [0.4, 0.5) is 13.2 Å². The minimum absolute atomic E-state index is 0.0551. The van der Waals surface area contributed by atoms with E-state index in [0.717, 1.165) is 6.07 Å². The molecule has 0 aliphatic carbocycles. The van der Waals surface area contributed by atoms with E-state index in [1.54, 1.807) is 0 Å². The van der Waals surface area contributed by atoms with E-state index in [2.05, 4.69) is 15.6 Å². The fourth-order valence-corrected chi connectivity index (χ4v) is 3.65. The first-order valence-corrected chi connectivity index (χ1v) is 9.34. The van der Waals surface area contributed by atoms with Gasteiger partial charge in [-0.3, -0.25) is 9.59 Å². The van der Waals surface area contributed by atoms with Gasteiger partial charge in [-0.25, -0.2) is 13.2 Å². The number of rotatable bonds is 5. The van der Waals surface area contributed by atoms with E-state index >= 15 is 0 Å². The second-order valence-electron chi connectivity index (χ2n) is 7.15. The van der Waals surface area contributed by atoms with Crippen molar-refractivity contribution in [3.8, 4) is 11.3 Å². The number of H-pyrrole nitrogens is 1. The zero-order valence-corrected chi connectivity index (χ0v) is 15.6. The smallest absolute Gasteiger partial charge is 0.245 e. The first-order valence-electron chi connectivity index (χ1n) is 9.34. The third-order valence-electron chi connectivity index (χ3n) is 5.14. The molecule has 1 fully saturated rings. The number of nitrogens with one attached hydrogen (secondary N) is 3. The van der Waals surface area contributed by atoms with Gasteiger partial charge < -0.3 is 20.7 Å². The van der Waals surface area contributed by atoms with Gasteiger partial charge in [0.25, 0.3) is 0 Å². The summed E-state index contributed by atoms with van der Waals surface area (Å²) in [5.41, 5.74) is 1.56. The number of β-amino-alcohol motifs (C(OH)–C–C–N with tert-alkyl or cyclic N) is 1. The minimum Gasteiger partial charge on any atom is -0.389 e. The molecule has 1 aromatic heterocycles. The fourth-order valence-electron chi connectivity index (χ4n) is 3.65. The molecular weight excluding hydrogens is 399 g/mol. The monoisotopic (exact) mass is 417 g/mol. The number of halogens is 3. The lowest BCUT2D eigenvalue weighted by Crippen LogP contribution is -2.45. The van der Waals surface area contributed by atoms with Crippen molar-refractivity contribution >= 4 is 22.7 Å². The fraction of sp³-hybridized carbons (Fsp3) is 0.238. The van der Waals surface area contributed by atoms with Crippen LogP contribution in [0.3, 0.4) is 0 Å². The Balaban J connectivity index is 1.64. The van der Waals surface area contributed by atoms with Gasteiger partial charge >= 0.3 is 0 Å². The van der Waals surface area contributed by atoms with Crippen LogP contribution in [0.1, 0.15) is 12.0 Å². The van der Waals surface area contributed by atoms with Crippen molar-refractivity contribution in [2.24, 2.45) is 0 Å². The molecule has 6 nitrogen and oxygen atoms in total. The number of amides is 2. The Bertz CT molecular complexity index is 1130. The molecular formula is C21H18F3N3O3. The van der Waals surface area contributed by atoms with E-state index in [4.69, 9.17) is 0 Å². The highest BCUT2D eigenvalue weighted by Crippen LogP contribution is 2.33. The normalized spacial score (nSPS) is 18.6. The summed E-state index contributed by atoms with van der Waals surface area (Å²) in [4.78, 5) is 26.9. The Morgan fingerprint density at radius 2 is 1.87 bits per heavy atom. The summed E-state index contributed by atoms with van der Waals surface area (Å²) in [6, 6.07) is 6.37. The molecule has 3 aromatic rings. The highest BCUT2D eigenvalue weighted by molar-refractivity contribution is 5.93. The van der Waals surface area contributed by atoms with Gasteiger partial charge in [0.1, 0.15) is 29.6 Å². The summed E-state index contributed by atoms with van der Waals surface area (Å²) < 4.78 is 41.4. The number of aromatic amines is 1. The van der Waals surface area contributed by atoms with E-state index in [9.17, 15) is 27.9 Å². The van der Waals surface area contributed by atoms with E-state index < -0.39 is 41.4 Å². The average molecular weight is 417 g/mol. The Hall–Kier alpha value is -3.33. The number of carbonyl (C=O) groups excluding carboxylic acids is 2. The first kappa shape index (κ1) is 20.0. The van der Waals surface area contributed by atoms with Crippen molar-refractivity contribution in [3.05, 3.63) is 59.4 Å². The number of hydrogen-bond acceptors (Lipinski definition) is 3. The van der Waals surface area contributed by atoms with Crippen molar-refractivity contribution in [3.63, 3.8) is 0 Å². The number of carbonyl (C=O) groups is 2. The molecule has 9 heteroatoms. The van der Waals surface area contributed by atoms with Gasteiger partial charge in [-0.1, -0.05) is 0 Å². The molecule has 0 bridgehead atoms. The van der Waals surface area contributed by atoms with Crippen molar-refractivity contribution < 1.29 is 27.9 Å². The molecule has 156 valence electrons. The van der Waals surface area contributed by atoms with Crippen LogP contribution in [-0.2, 0) is 16.0 Å². The average Bonchev–Trinajstić information content (AvgIpc) is 3.22. The van der Waals surface area contributed by atoms with Gasteiger partial charge in [-0.15, -0.1) is 0 Å². The molecule has 1 aliphatic heterocycles. The molecule has 30 heavy (non-hydrogen) atoms. The predicted octanol–water partition coefficient (Wildman–Crippen LogP) is 2.16. The quantitative estimate of drug-likeness (QED) is 0.513. The number of aliphatic hydroxyl groups is 1. The Labute approximate surface area is 169 Å². The number of aromatic nitrogens is 1. The first-order chi connectivity index (χ1) is 14.3. The summed E-state index contributed by atoms with van der Waals surface area (Å²) in [5.74, 6) is -2.95. The highest BCUT2D eigenvalue weighted by atomic mass is 19.1. The molecule has 0 spiro atoms. The number of aliphatic hydroxyl groups excluding tert-OH is 1. The van der Waals surface area contributed by atoms with Crippen LogP contribution in [0.5, 0.6) is 0 Å². The maximum Gasteiger partial charge on any atom is 0.245 e. The molecule has 4 rings (SSSR count). The number of benzene rings is 2. The maximum atomic E-state index is 14.3. The summed E-state index contributed by atoms with van der Waals surface area (Å²) in [6.07, 6.45) is -1.01. The van der Waals surface area contributed by atoms with Crippen LogP contribution in [0.15, 0.2) is 36.4 Å². The number of hydrogen-bond donors (Lipinski definition) is 4. The van der Waals surface area contributed by atoms with Crippen molar-refractivity contribution in [2.75, 3.05) is 6.54 Å². The van der Waals surface area contributed by atoms with E-state index in [1.165, 1.54) is 30.3 Å². The number of aryl methyl sites for hydroxylation is 1. The molecule has 1 saturated heterocycles. The predicted molar refractivity (Wildman–Crippen MR) is 103 cm³/mol. The maximum absolute atomic E-state index is 14.3. The molecule has 0 saturated carbocycles. The summed E-state index contributed by atoms with van der Waals surface area (Å²) in [7, 11) is 0. The lowest BCUT2D eigenvalue weighted by atomic mass is 10.0.